The number of oxime groups is 2. The lowest BCUT2D eigenvalue weighted by Gasteiger charge is -2.32. The van der Waals surface area contributed by atoms with E-state index in [4.69, 9.17) is 30.4 Å². The van der Waals surface area contributed by atoms with Crippen LogP contribution in [0.4, 0.5) is 0 Å². The first-order valence-corrected chi connectivity index (χ1v) is 30.1. The summed E-state index contributed by atoms with van der Waals surface area (Å²) in [5, 5.41) is 51.6. The fourth-order valence-electron chi connectivity index (χ4n) is 8.06. The van der Waals surface area contributed by atoms with Crippen LogP contribution in [0.3, 0.4) is 0 Å². The van der Waals surface area contributed by atoms with Crippen LogP contribution in [0.1, 0.15) is 165 Å². The number of ether oxygens (including phenoxy) is 4. The van der Waals surface area contributed by atoms with Crippen molar-refractivity contribution in [3.05, 3.63) is 0 Å². The highest BCUT2D eigenvalue weighted by Crippen LogP contribution is 2.13. The lowest BCUT2D eigenvalue weighted by Crippen LogP contribution is -2.57. The predicted molar refractivity (Wildman–Crippen MR) is 321 cm³/mol. The zero-order valence-electron chi connectivity index (χ0n) is 52.2. The maximum atomic E-state index is 13.4. The molecule has 490 valence electrons. The molecular formula is C57H107N13O15. The number of unbranched alkanes of at least 4 members (excludes halogenated alkanes) is 3. The van der Waals surface area contributed by atoms with E-state index in [0.29, 0.717) is 88.8 Å². The van der Waals surface area contributed by atoms with Gasteiger partial charge < -0.3 is 88.7 Å². The van der Waals surface area contributed by atoms with Gasteiger partial charge in [0.2, 0.25) is 53.2 Å². The molecule has 0 fully saturated rings. The molecular weight excluding hydrogens is 1110 g/mol. The summed E-state index contributed by atoms with van der Waals surface area (Å²) in [4.78, 5) is 111. The Balaban J connectivity index is 4.60. The van der Waals surface area contributed by atoms with Gasteiger partial charge in [-0.2, -0.15) is 0 Å². The summed E-state index contributed by atoms with van der Waals surface area (Å²) in [7, 11) is 0. The van der Waals surface area contributed by atoms with Crippen molar-refractivity contribution < 1.29 is 72.5 Å². The van der Waals surface area contributed by atoms with Gasteiger partial charge in [-0.15, -0.1) is 0 Å². The number of carbonyl (C=O) groups excluding carboxylic acids is 9. The second-order valence-corrected chi connectivity index (χ2v) is 22.0. The Morgan fingerprint density at radius 2 is 0.812 bits per heavy atom. The quantitative estimate of drug-likeness (QED) is 0.0174. The minimum absolute atomic E-state index is 0.0186. The molecule has 0 unspecified atom stereocenters. The molecule has 0 aromatic rings. The van der Waals surface area contributed by atoms with Crippen molar-refractivity contribution in [3.63, 3.8) is 0 Å². The second-order valence-electron chi connectivity index (χ2n) is 22.0. The molecule has 28 nitrogen and oxygen atoms in total. The molecule has 0 aliphatic heterocycles. The summed E-state index contributed by atoms with van der Waals surface area (Å²) in [5.74, 6) is -3.15. The summed E-state index contributed by atoms with van der Waals surface area (Å²) >= 11 is 0. The van der Waals surface area contributed by atoms with Gasteiger partial charge in [-0.05, 0) is 112 Å². The SMILES string of the molecule is CC[C@@H](CCCCNC(=O)COCCOCCNC(=O)COCCOCCNC(=O)CCCC(=O)NCCCC[C@H](NC(=O)CCCC(=O)NC(CNC(C)(C)/C(C)=N/O)CNC(C)(C)/C(C)=N/O)C(=O)NCCCC[C@H](CC)C(N)=O)C(N)=O. The highest BCUT2D eigenvalue weighted by Gasteiger charge is 2.28. The maximum Gasteiger partial charge on any atom is 0.246 e. The first-order valence-electron chi connectivity index (χ1n) is 30.1. The van der Waals surface area contributed by atoms with Crippen LogP contribution < -0.4 is 59.3 Å². The number of primary amides is 2. The normalized spacial score (nSPS) is 13.1. The molecule has 0 saturated carbocycles. The van der Waals surface area contributed by atoms with Crippen LogP contribution in [-0.4, -0.2) is 197 Å². The van der Waals surface area contributed by atoms with E-state index in [0.717, 1.165) is 12.8 Å². The zero-order chi connectivity index (χ0) is 63.9. The molecule has 0 aliphatic rings. The van der Waals surface area contributed by atoms with E-state index in [1.54, 1.807) is 13.8 Å². The van der Waals surface area contributed by atoms with Crippen molar-refractivity contribution in [2.24, 2.45) is 33.6 Å². The average molecular weight is 1210 g/mol. The molecule has 0 aliphatic carbocycles. The molecule has 15 N–H and O–H groups in total. The number of nitrogens with two attached hydrogens (primary N) is 2. The average Bonchev–Trinajstić information content (AvgIpc) is 3.67. The van der Waals surface area contributed by atoms with Gasteiger partial charge in [0.05, 0.1) is 68.2 Å². The lowest BCUT2D eigenvalue weighted by molar-refractivity contribution is -0.129. The Bertz CT molecular complexity index is 1990. The fraction of sp³-hybridized carbons (Fsp3) is 0.807. The highest BCUT2D eigenvalue weighted by atomic mass is 16.5. The van der Waals surface area contributed by atoms with Crippen molar-refractivity contribution in [2.75, 3.05) is 98.7 Å². The van der Waals surface area contributed by atoms with E-state index in [2.05, 4.69) is 58.2 Å². The Labute approximate surface area is 503 Å². The third-order valence-corrected chi connectivity index (χ3v) is 14.3. The molecule has 0 aromatic carbocycles. The molecule has 3 atom stereocenters. The van der Waals surface area contributed by atoms with Gasteiger partial charge in [0.15, 0.2) is 0 Å². The van der Waals surface area contributed by atoms with Gasteiger partial charge in [0, 0.05) is 83.3 Å². The van der Waals surface area contributed by atoms with Crippen molar-refractivity contribution in [2.45, 2.75) is 188 Å². The van der Waals surface area contributed by atoms with Crippen LogP contribution >= 0.6 is 0 Å². The number of hydrogen-bond acceptors (Lipinski definition) is 19. The number of hydrogen-bond donors (Lipinski definition) is 13. The molecule has 28 heteroatoms. The van der Waals surface area contributed by atoms with Gasteiger partial charge in [-0.25, -0.2) is 0 Å². The number of nitrogens with zero attached hydrogens (tertiary/aromatic N) is 2. The largest absolute Gasteiger partial charge is 0.411 e. The van der Waals surface area contributed by atoms with Crippen molar-refractivity contribution >= 4 is 64.6 Å². The summed E-state index contributed by atoms with van der Waals surface area (Å²) in [5.41, 5.74) is 10.3. The molecule has 0 radical (unpaired) electrons. The summed E-state index contributed by atoms with van der Waals surface area (Å²) in [6.07, 6.45) is 7.51. The van der Waals surface area contributed by atoms with Gasteiger partial charge in [-0.3, -0.25) is 43.2 Å². The van der Waals surface area contributed by atoms with Gasteiger partial charge >= 0.3 is 0 Å². The second kappa shape index (κ2) is 48.1. The number of rotatable bonds is 54. The molecule has 85 heavy (non-hydrogen) atoms. The smallest absolute Gasteiger partial charge is 0.246 e. The molecule has 0 aromatic heterocycles. The lowest BCUT2D eigenvalue weighted by atomic mass is 9.98. The van der Waals surface area contributed by atoms with E-state index in [1.807, 2.05) is 41.5 Å². The van der Waals surface area contributed by atoms with Crippen LogP contribution in [0.2, 0.25) is 0 Å². The van der Waals surface area contributed by atoms with Crippen molar-refractivity contribution in [1.82, 2.24) is 47.9 Å². The van der Waals surface area contributed by atoms with E-state index < -0.39 is 29.1 Å². The molecule has 0 heterocycles. The van der Waals surface area contributed by atoms with Crippen molar-refractivity contribution in [1.29, 1.82) is 0 Å². The van der Waals surface area contributed by atoms with Gasteiger partial charge in [-0.1, -0.05) is 37.0 Å². The van der Waals surface area contributed by atoms with Crippen LogP contribution in [-0.2, 0) is 62.1 Å². The first kappa shape index (κ1) is 78.9. The van der Waals surface area contributed by atoms with Gasteiger partial charge in [0.25, 0.3) is 0 Å². The number of carbonyl (C=O) groups is 9. The molecule has 0 saturated heterocycles. The Morgan fingerprint density at radius 3 is 1.24 bits per heavy atom. The van der Waals surface area contributed by atoms with Crippen molar-refractivity contribution in [3.8, 4) is 0 Å². The summed E-state index contributed by atoms with van der Waals surface area (Å²) in [6.45, 7) is 17.8. The Hall–Kier alpha value is -6.07. The van der Waals surface area contributed by atoms with E-state index in [1.165, 1.54) is 0 Å². The topological polar surface area (TPSA) is 416 Å². The number of amides is 9. The van der Waals surface area contributed by atoms with E-state index in [-0.39, 0.29) is 177 Å². The predicted octanol–water partition coefficient (Wildman–Crippen LogP) is 0.914. The minimum Gasteiger partial charge on any atom is -0.411 e. The third-order valence-electron chi connectivity index (χ3n) is 14.3. The van der Waals surface area contributed by atoms with Gasteiger partial charge in [0.1, 0.15) is 19.3 Å². The molecule has 0 bridgehead atoms. The van der Waals surface area contributed by atoms with Crippen LogP contribution in [0, 0.1) is 11.8 Å². The van der Waals surface area contributed by atoms with Crippen LogP contribution in [0.25, 0.3) is 0 Å². The highest BCUT2D eigenvalue weighted by molar-refractivity contribution is 5.91. The summed E-state index contributed by atoms with van der Waals surface area (Å²) < 4.78 is 21.5. The third kappa shape index (κ3) is 41.6. The standard InChI is InChI=1S/C57H107N13O15/c1-9-43(53(58)77)19-11-14-27-61-51(75)39-84-35-34-83-32-30-63-52(76)40-85-36-33-82-31-29-62-48(72)23-17-22-47(71)60-26-16-13-21-46(55(79)64-28-15-12-20-44(10-2)54(59)78)68-50(74)25-18-24-49(73)67-45(37-65-56(5,6)41(3)69-80)38-66-57(7,8)42(4)70-81/h43-46,65-66,80-81H,9-40H2,1-8H3,(H2,58,77)(H2,59,78)(H,60,71)(H,61,75)(H,62,72)(H,63,76)(H,64,79)(H,67,73)(H,68,74)/b69-41+,70-42+/t43-,44-,46-/m0/s1. The zero-order valence-corrected chi connectivity index (χ0v) is 52.2. The first-order chi connectivity index (χ1) is 40.4. The van der Waals surface area contributed by atoms with E-state index >= 15 is 0 Å². The molecule has 9 amide bonds. The van der Waals surface area contributed by atoms with E-state index in [9.17, 15) is 53.6 Å². The molecule has 0 spiro atoms. The summed E-state index contributed by atoms with van der Waals surface area (Å²) in [6, 6.07) is -1.33. The maximum absolute atomic E-state index is 13.4. The molecule has 0 rings (SSSR count). The van der Waals surface area contributed by atoms with Crippen LogP contribution in [0.5, 0.6) is 0 Å². The Morgan fingerprint density at radius 1 is 0.447 bits per heavy atom. The fourth-order valence-corrected chi connectivity index (χ4v) is 8.06. The van der Waals surface area contributed by atoms with Crippen LogP contribution in [0.15, 0.2) is 10.3 Å². The monoisotopic (exact) mass is 1210 g/mol. The minimum atomic E-state index is -0.877. The Kier molecular flexibility index (Phi) is 44.7. The number of nitrogens with one attached hydrogen (secondary N) is 9.